The van der Waals surface area contributed by atoms with Crippen LogP contribution in [0.1, 0.15) is 43.5 Å². The number of fused-ring (bicyclic) bond motifs is 1. The minimum absolute atomic E-state index is 0.213. The van der Waals surface area contributed by atoms with Crippen LogP contribution in [0.15, 0.2) is 57.5 Å². The number of benzene rings is 2. The number of thiazole rings is 1. The molecule has 0 spiro atoms. The van der Waals surface area contributed by atoms with Crippen LogP contribution in [0.2, 0.25) is 0 Å². The molecule has 1 aliphatic rings. The number of rotatable bonds is 6. The Morgan fingerprint density at radius 1 is 1.19 bits per heavy atom. The van der Waals surface area contributed by atoms with Crippen molar-refractivity contribution < 1.29 is 23.8 Å². The minimum Gasteiger partial charge on any atom is -0.493 e. The molecule has 192 valence electrons. The van der Waals surface area contributed by atoms with Crippen molar-refractivity contribution >= 4 is 51.9 Å². The van der Waals surface area contributed by atoms with Gasteiger partial charge >= 0.3 is 11.9 Å². The molecular weight excluding hydrogens is 607 g/mol. The maximum Gasteiger partial charge on any atom is 0.338 e. The molecule has 37 heavy (non-hydrogen) atoms. The molecule has 1 atom stereocenters. The summed E-state index contributed by atoms with van der Waals surface area (Å²) in [5.41, 5.74) is 3.12. The van der Waals surface area contributed by atoms with E-state index in [0.717, 1.165) is 11.1 Å². The Kier molecular flexibility index (Phi) is 7.98. The molecule has 3 aromatic rings. The summed E-state index contributed by atoms with van der Waals surface area (Å²) in [6, 6.07) is 10.5. The highest BCUT2D eigenvalue weighted by Crippen LogP contribution is 2.34. The van der Waals surface area contributed by atoms with Gasteiger partial charge in [0.1, 0.15) is 0 Å². The van der Waals surface area contributed by atoms with E-state index in [9.17, 15) is 14.4 Å². The monoisotopic (exact) mass is 632 g/mol. The van der Waals surface area contributed by atoms with Crippen molar-refractivity contribution in [2.24, 2.45) is 4.99 Å². The first-order chi connectivity index (χ1) is 17.6. The molecule has 0 radical (unpaired) electrons. The highest BCUT2D eigenvalue weighted by molar-refractivity contribution is 14.1. The van der Waals surface area contributed by atoms with E-state index in [1.807, 2.05) is 31.2 Å². The van der Waals surface area contributed by atoms with Crippen LogP contribution in [0.5, 0.6) is 11.5 Å². The third kappa shape index (κ3) is 5.40. The van der Waals surface area contributed by atoms with Gasteiger partial charge in [-0.05, 0) is 72.7 Å². The van der Waals surface area contributed by atoms with E-state index in [1.54, 1.807) is 36.6 Å². The zero-order valence-corrected chi connectivity index (χ0v) is 23.9. The van der Waals surface area contributed by atoms with Crippen LogP contribution in [0, 0.1) is 10.5 Å². The summed E-state index contributed by atoms with van der Waals surface area (Å²) in [6.45, 7) is 7.01. The molecule has 0 fully saturated rings. The smallest absolute Gasteiger partial charge is 0.338 e. The first-order valence-electron chi connectivity index (χ1n) is 11.5. The summed E-state index contributed by atoms with van der Waals surface area (Å²) in [5.74, 6) is -0.257. The number of hydrogen-bond donors (Lipinski definition) is 0. The lowest BCUT2D eigenvalue weighted by atomic mass is 9.95. The Morgan fingerprint density at radius 2 is 1.89 bits per heavy atom. The van der Waals surface area contributed by atoms with Crippen molar-refractivity contribution in [1.29, 1.82) is 0 Å². The number of aryl methyl sites for hydroxylation is 1. The molecule has 1 aliphatic heterocycles. The summed E-state index contributed by atoms with van der Waals surface area (Å²) >= 11 is 3.29. The molecule has 0 N–H and O–H groups in total. The molecule has 2 aromatic carbocycles. The highest BCUT2D eigenvalue weighted by atomic mass is 127. The molecule has 0 bridgehead atoms. The summed E-state index contributed by atoms with van der Waals surface area (Å²) in [5, 5.41) is 0. The van der Waals surface area contributed by atoms with Crippen LogP contribution in [0.4, 0.5) is 0 Å². The van der Waals surface area contributed by atoms with Gasteiger partial charge in [0.25, 0.3) is 5.56 Å². The molecule has 0 aliphatic carbocycles. The van der Waals surface area contributed by atoms with Gasteiger partial charge in [0, 0.05) is 6.92 Å². The van der Waals surface area contributed by atoms with Gasteiger partial charge in [-0.2, -0.15) is 0 Å². The van der Waals surface area contributed by atoms with Gasteiger partial charge in [-0.1, -0.05) is 41.2 Å². The second-order valence-electron chi connectivity index (χ2n) is 8.34. The van der Waals surface area contributed by atoms with Gasteiger partial charge in [-0.15, -0.1) is 0 Å². The number of carbonyl (C=O) groups is 2. The maximum atomic E-state index is 13.8. The third-order valence-corrected chi connectivity index (χ3v) is 7.49. The average Bonchev–Trinajstić information content (AvgIpc) is 3.14. The fourth-order valence-electron chi connectivity index (χ4n) is 4.07. The predicted octanol–water partition coefficient (Wildman–Crippen LogP) is 3.65. The summed E-state index contributed by atoms with van der Waals surface area (Å²) in [6.07, 6.45) is 1.74. The summed E-state index contributed by atoms with van der Waals surface area (Å²) in [7, 11) is 1.48. The van der Waals surface area contributed by atoms with Crippen molar-refractivity contribution in [1.82, 2.24) is 4.57 Å². The second kappa shape index (κ2) is 11.0. The van der Waals surface area contributed by atoms with Gasteiger partial charge in [-0.3, -0.25) is 14.2 Å². The van der Waals surface area contributed by atoms with Crippen LogP contribution in [0.3, 0.4) is 0 Å². The third-order valence-electron chi connectivity index (χ3n) is 5.71. The largest absolute Gasteiger partial charge is 0.493 e. The van der Waals surface area contributed by atoms with Crippen LogP contribution < -0.4 is 24.4 Å². The Bertz CT molecular complexity index is 1600. The lowest BCUT2D eigenvalue weighted by Gasteiger charge is -2.24. The minimum atomic E-state index is -0.668. The van der Waals surface area contributed by atoms with Gasteiger partial charge in [-0.25, -0.2) is 9.79 Å². The van der Waals surface area contributed by atoms with Gasteiger partial charge < -0.3 is 14.2 Å². The molecule has 8 nitrogen and oxygen atoms in total. The lowest BCUT2D eigenvalue weighted by Crippen LogP contribution is -2.39. The van der Waals surface area contributed by atoms with Crippen molar-refractivity contribution in [2.45, 2.75) is 33.7 Å². The number of halogens is 1. The van der Waals surface area contributed by atoms with Crippen LogP contribution in [-0.2, 0) is 14.3 Å². The van der Waals surface area contributed by atoms with E-state index >= 15 is 0 Å². The van der Waals surface area contributed by atoms with E-state index in [2.05, 4.69) is 27.6 Å². The number of nitrogens with zero attached hydrogens (tertiary/aromatic N) is 2. The molecule has 0 saturated carbocycles. The Hall–Kier alpha value is -3.25. The molecule has 0 unspecified atom stereocenters. The average molecular weight is 632 g/mol. The Balaban J connectivity index is 1.91. The number of ether oxygens (including phenoxy) is 3. The summed E-state index contributed by atoms with van der Waals surface area (Å²) in [4.78, 5) is 43.3. The van der Waals surface area contributed by atoms with Crippen molar-refractivity contribution in [3.63, 3.8) is 0 Å². The fraction of sp³-hybridized carbons (Fsp3) is 0.259. The number of carbonyl (C=O) groups excluding carboxylic acids is 2. The van der Waals surface area contributed by atoms with E-state index in [0.29, 0.717) is 41.2 Å². The predicted molar refractivity (Wildman–Crippen MR) is 149 cm³/mol. The molecule has 0 amide bonds. The zero-order valence-electron chi connectivity index (χ0n) is 21.0. The van der Waals surface area contributed by atoms with E-state index in [1.165, 1.54) is 25.4 Å². The molecule has 4 rings (SSSR count). The molecule has 0 saturated heterocycles. The van der Waals surface area contributed by atoms with Crippen molar-refractivity contribution in [3.8, 4) is 11.5 Å². The second-order valence-corrected chi connectivity index (χ2v) is 10.5. The van der Waals surface area contributed by atoms with Gasteiger partial charge in [0.05, 0.1) is 39.1 Å². The SMILES string of the molecule is CCOC(=O)C1=C(C)N=c2s/c(=C\c3cc(I)c(OC(C)=O)c(OC)c3)c(=O)n2[C@H]1c1ccc(C)cc1. The van der Waals surface area contributed by atoms with Crippen molar-refractivity contribution in [3.05, 3.63) is 87.6 Å². The normalized spacial score (nSPS) is 15.2. The first kappa shape index (κ1) is 26.8. The Labute approximate surface area is 231 Å². The van der Waals surface area contributed by atoms with E-state index in [4.69, 9.17) is 14.2 Å². The van der Waals surface area contributed by atoms with Crippen molar-refractivity contribution in [2.75, 3.05) is 13.7 Å². The Morgan fingerprint density at radius 3 is 2.51 bits per heavy atom. The quantitative estimate of drug-likeness (QED) is 0.234. The van der Waals surface area contributed by atoms with Crippen LogP contribution >= 0.6 is 33.9 Å². The topological polar surface area (TPSA) is 96.2 Å². The van der Waals surface area contributed by atoms with Crippen LogP contribution in [-0.4, -0.2) is 30.2 Å². The van der Waals surface area contributed by atoms with E-state index < -0.39 is 18.0 Å². The number of esters is 2. The van der Waals surface area contributed by atoms with Gasteiger partial charge in [0.2, 0.25) is 0 Å². The number of allylic oxidation sites excluding steroid dienone is 1. The number of aromatic nitrogens is 1. The number of hydrogen-bond acceptors (Lipinski definition) is 8. The highest BCUT2D eigenvalue weighted by Gasteiger charge is 2.33. The standard InChI is InChI=1S/C27H25IN2O6S/c1-6-35-26(33)22-15(3)29-27-30(23(22)18-9-7-14(2)8-10-18)25(32)21(37-27)13-17-11-19(28)24(36-16(4)31)20(12-17)34-5/h7-13,23H,6H2,1-5H3/b21-13-/t23-/m0/s1. The molecule has 10 heteroatoms. The molecule has 2 heterocycles. The number of methoxy groups -OCH3 is 1. The maximum absolute atomic E-state index is 13.8. The van der Waals surface area contributed by atoms with E-state index in [-0.39, 0.29) is 12.2 Å². The zero-order chi connectivity index (χ0) is 26.9. The van der Waals surface area contributed by atoms with Gasteiger partial charge in [0.15, 0.2) is 16.3 Å². The first-order valence-corrected chi connectivity index (χ1v) is 13.4. The van der Waals surface area contributed by atoms with Crippen LogP contribution in [0.25, 0.3) is 6.08 Å². The fourth-order valence-corrected chi connectivity index (χ4v) is 5.86. The summed E-state index contributed by atoms with van der Waals surface area (Å²) < 4.78 is 18.7. The molecular formula is C27H25IN2O6S. The molecule has 1 aromatic heterocycles. The lowest BCUT2D eigenvalue weighted by molar-refractivity contribution is -0.139.